The van der Waals surface area contributed by atoms with E-state index in [-0.39, 0.29) is 5.75 Å². The first-order chi connectivity index (χ1) is 4.79. The lowest BCUT2D eigenvalue weighted by atomic mass is 10.8. The predicted octanol–water partition coefficient (Wildman–Crippen LogP) is 0.694. The maximum Gasteiger partial charge on any atom is 0.492 e. The van der Waals surface area contributed by atoms with Crippen LogP contribution in [0.5, 0.6) is 0 Å². The van der Waals surface area contributed by atoms with Crippen molar-refractivity contribution in [1.82, 2.24) is 0 Å². The Morgan fingerprint density at radius 2 is 1.91 bits per heavy atom. The molecular formula is C4H7FO5S. The zero-order valence-corrected chi connectivity index (χ0v) is 6.21. The van der Waals surface area contributed by atoms with E-state index in [0.717, 1.165) is 6.08 Å². The molecule has 0 spiro atoms. The summed E-state index contributed by atoms with van der Waals surface area (Å²) in [6, 6.07) is 0. The van der Waals surface area contributed by atoms with E-state index in [2.05, 4.69) is 6.58 Å². The van der Waals surface area contributed by atoms with Crippen molar-refractivity contribution >= 4 is 16.3 Å². The molecule has 11 heavy (non-hydrogen) atoms. The molecule has 0 atom stereocenters. The quantitative estimate of drug-likeness (QED) is 0.376. The van der Waals surface area contributed by atoms with Crippen molar-refractivity contribution < 1.29 is 27.3 Å². The molecule has 0 saturated heterocycles. The van der Waals surface area contributed by atoms with E-state index in [1.54, 1.807) is 0 Å². The van der Waals surface area contributed by atoms with E-state index in [1.807, 2.05) is 0 Å². The van der Waals surface area contributed by atoms with Crippen molar-refractivity contribution in [2.24, 2.45) is 0 Å². The average Bonchev–Trinajstić information content (AvgIpc) is 1.58. The monoisotopic (exact) mass is 186 g/mol. The van der Waals surface area contributed by atoms with Gasteiger partial charge in [0.1, 0.15) is 0 Å². The van der Waals surface area contributed by atoms with E-state index < -0.39 is 16.3 Å². The standard InChI is InChI=1S/C3H6O3S.CHFO2/c1-2-3-7(4,5)6;2-1(3)4/h2H,1,3H2,(H,4,5,6);(H,3,4). The zero-order valence-electron chi connectivity index (χ0n) is 5.40. The second-order valence-corrected chi connectivity index (χ2v) is 2.79. The van der Waals surface area contributed by atoms with Gasteiger partial charge in [0, 0.05) is 0 Å². The smallest absolute Gasteiger partial charge is 0.456 e. The number of rotatable bonds is 2. The minimum atomic E-state index is -3.79. The lowest BCUT2D eigenvalue weighted by Crippen LogP contribution is -1.99. The summed E-state index contributed by atoms with van der Waals surface area (Å²) in [5.41, 5.74) is 0. The Labute approximate surface area is 62.9 Å². The maximum absolute atomic E-state index is 9.92. The van der Waals surface area contributed by atoms with Gasteiger partial charge in [-0.1, -0.05) is 6.08 Å². The van der Waals surface area contributed by atoms with Crippen molar-refractivity contribution in [1.29, 1.82) is 0 Å². The Hall–Kier alpha value is -0.950. The molecule has 0 saturated carbocycles. The third kappa shape index (κ3) is 48.4. The van der Waals surface area contributed by atoms with Gasteiger partial charge in [0.15, 0.2) is 0 Å². The van der Waals surface area contributed by atoms with Crippen LogP contribution in [0.3, 0.4) is 0 Å². The van der Waals surface area contributed by atoms with Gasteiger partial charge < -0.3 is 5.11 Å². The fraction of sp³-hybridized carbons (Fsp3) is 0.250. The van der Waals surface area contributed by atoms with Crippen LogP contribution in [0, 0.1) is 0 Å². The third-order valence-corrected chi connectivity index (χ3v) is 0.985. The summed E-state index contributed by atoms with van der Waals surface area (Å²) in [5, 5.41) is 6.75. The summed E-state index contributed by atoms with van der Waals surface area (Å²) < 4.78 is 37.3. The van der Waals surface area contributed by atoms with Crippen LogP contribution in [0.1, 0.15) is 0 Å². The fourth-order valence-corrected chi connectivity index (χ4v) is 0.447. The number of carboxylic acid groups (broad SMARTS) is 1. The molecule has 0 rings (SSSR count). The van der Waals surface area contributed by atoms with Gasteiger partial charge >= 0.3 is 6.22 Å². The molecule has 0 amide bonds. The Morgan fingerprint density at radius 3 is 1.91 bits per heavy atom. The summed E-state index contributed by atoms with van der Waals surface area (Å²) in [5.74, 6) is -0.368. The van der Waals surface area contributed by atoms with E-state index >= 15 is 0 Å². The van der Waals surface area contributed by atoms with E-state index in [0.29, 0.717) is 0 Å². The van der Waals surface area contributed by atoms with Crippen LogP contribution in [-0.4, -0.2) is 30.1 Å². The van der Waals surface area contributed by atoms with Crippen molar-refractivity contribution in [3.8, 4) is 0 Å². The summed E-state index contributed by atoms with van der Waals surface area (Å²) in [7, 11) is -3.79. The summed E-state index contributed by atoms with van der Waals surface area (Å²) in [6.45, 7) is 3.11. The normalized spacial score (nSPS) is 9.27. The van der Waals surface area contributed by atoms with E-state index in [1.165, 1.54) is 0 Å². The largest absolute Gasteiger partial charge is 0.492 e. The molecule has 0 bridgehead atoms. The molecule has 0 aliphatic heterocycles. The second-order valence-electron chi connectivity index (χ2n) is 1.29. The van der Waals surface area contributed by atoms with Crippen LogP contribution in [-0.2, 0) is 10.1 Å². The summed E-state index contributed by atoms with van der Waals surface area (Å²) >= 11 is 0. The fourth-order valence-electron chi connectivity index (χ4n) is 0.149. The van der Waals surface area contributed by atoms with Gasteiger partial charge in [-0.15, -0.1) is 11.0 Å². The molecule has 66 valence electrons. The molecule has 0 fully saturated rings. The molecule has 0 heterocycles. The van der Waals surface area contributed by atoms with Gasteiger partial charge in [0.05, 0.1) is 5.75 Å². The molecule has 5 nitrogen and oxygen atoms in total. The molecule has 0 radical (unpaired) electrons. The predicted molar refractivity (Wildman–Crippen MR) is 35.7 cm³/mol. The third-order valence-electron chi connectivity index (χ3n) is 0.328. The highest BCUT2D eigenvalue weighted by molar-refractivity contribution is 7.85. The Morgan fingerprint density at radius 1 is 1.64 bits per heavy atom. The molecule has 0 aliphatic carbocycles. The molecule has 0 aromatic carbocycles. The summed E-state index contributed by atoms with van der Waals surface area (Å²) in [4.78, 5) is 8.33. The van der Waals surface area contributed by atoms with Crippen LogP contribution in [0.25, 0.3) is 0 Å². The number of hydrogen-bond donors (Lipinski definition) is 2. The summed E-state index contributed by atoms with van der Waals surface area (Å²) in [6.07, 6.45) is -1.21. The van der Waals surface area contributed by atoms with Crippen LogP contribution in [0.4, 0.5) is 9.18 Å². The molecule has 0 aliphatic rings. The highest BCUT2D eigenvalue weighted by atomic mass is 32.2. The van der Waals surface area contributed by atoms with Gasteiger partial charge in [0.2, 0.25) is 0 Å². The zero-order chi connectivity index (χ0) is 9.49. The highest BCUT2D eigenvalue weighted by Crippen LogP contribution is 1.78. The number of hydrogen-bond acceptors (Lipinski definition) is 3. The lowest BCUT2D eigenvalue weighted by molar-refractivity contribution is 0.169. The topological polar surface area (TPSA) is 91.7 Å². The SMILES string of the molecule is C=CCS(=O)(=O)O.O=C(O)F. The molecule has 2 N–H and O–H groups in total. The van der Waals surface area contributed by atoms with Gasteiger partial charge in [0.25, 0.3) is 10.1 Å². The van der Waals surface area contributed by atoms with Crippen molar-refractivity contribution in [2.75, 3.05) is 5.75 Å². The van der Waals surface area contributed by atoms with Gasteiger partial charge in [-0.05, 0) is 0 Å². The first kappa shape index (κ1) is 12.7. The lowest BCUT2D eigenvalue weighted by Gasteiger charge is -1.82. The molecule has 7 heteroatoms. The molecular weight excluding hydrogens is 179 g/mol. The van der Waals surface area contributed by atoms with Crippen molar-refractivity contribution in [2.45, 2.75) is 0 Å². The number of carbonyl (C=O) groups is 1. The Balaban J connectivity index is 0. The minimum Gasteiger partial charge on any atom is -0.456 e. The molecule has 0 aromatic rings. The Kier molecular flexibility index (Phi) is 6.70. The van der Waals surface area contributed by atoms with Crippen LogP contribution < -0.4 is 0 Å². The van der Waals surface area contributed by atoms with Crippen molar-refractivity contribution in [3.05, 3.63) is 12.7 Å². The van der Waals surface area contributed by atoms with Crippen LogP contribution in [0.15, 0.2) is 12.7 Å². The van der Waals surface area contributed by atoms with Gasteiger partial charge in [-0.25, -0.2) is 4.79 Å². The first-order valence-corrected chi connectivity index (χ1v) is 3.85. The van der Waals surface area contributed by atoms with Crippen LogP contribution >= 0.6 is 0 Å². The minimum absolute atomic E-state index is 0.368. The van der Waals surface area contributed by atoms with Crippen molar-refractivity contribution in [3.63, 3.8) is 0 Å². The number of halogens is 1. The van der Waals surface area contributed by atoms with E-state index in [4.69, 9.17) is 14.5 Å². The molecule has 0 unspecified atom stereocenters. The second kappa shape index (κ2) is 5.81. The highest BCUT2D eigenvalue weighted by Gasteiger charge is 1.95. The van der Waals surface area contributed by atoms with Gasteiger partial charge in [-0.2, -0.15) is 8.42 Å². The Bertz CT molecular complexity index is 215. The average molecular weight is 186 g/mol. The molecule has 0 aromatic heterocycles. The van der Waals surface area contributed by atoms with E-state index in [9.17, 15) is 12.8 Å². The van der Waals surface area contributed by atoms with Crippen LogP contribution in [0.2, 0.25) is 0 Å². The maximum atomic E-state index is 9.92. The van der Waals surface area contributed by atoms with Gasteiger partial charge in [-0.3, -0.25) is 4.55 Å². The first-order valence-electron chi connectivity index (χ1n) is 2.24.